The summed E-state index contributed by atoms with van der Waals surface area (Å²) in [5, 5.41) is -0.0161. The number of nitrogens with zero attached hydrogens (tertiary/aromatic N) is 5. The van der Waals surface area contributed by atoms with E-state index < -0.39 is 12.0 Å². The zero-order valence-electron chi connectivity index (χ0n) is 15.8. The van der Waals surface area contributed by atoms with E-state index >= 15 is 0 Å². The normalized spacial score (nSPS) is 11.8. The van der Waals surface area contributed by atoms with Crippen molar-refractivity contribution in [2.45, 2.75) is 19.5 Å². The van der Waals surface area contributed by atoms with Crippen molar-refractivity contribution < 1.29 is 18.0 Å². The summed E-state index contributed by atoms with van der Waals surface area (Å²) >= 11 is 6.03. The second-order valence-electron chi connectivity index (χ2n) is 6.68. The van der Waals surface area contributed by atoms with E-state index in [4.69, 9.17) is 17.3 Å². The summed E-state index contributed by atoms with van der Waals surface area (Å²) in [7, 11) is 0. The van der Waals surface area contributed by atoms with Crippen LogP contribution in [0.2, 0.25) is 5.02 Å². The molecule has 0 amide bonds. The summed E-state index contributed by atoms with van der Waals surface area (Å²) in [6, 6.07) is 5.21. The number of carbonyl (C=O) groups excluding carboxylic acids is 1. The molecule has 0 aliphatic rings. The Hall–Kier alpha value is -3.60. The Balaban J connectivity index is 1.68. The highest BCUT2D eigenvalue weighted by Crippen LogP contribution is 2.28. The SMILES string of the molecule is Cc1ccc(-c2nc3nc(C(F)(F)F)ncc3[nH]2)cc1CC(=O)c1ncnc(N)c1Cl. The summed E-state index contributed by atoms with van der Waals surface area (Å²) in [6.07, 6.45) is -2.51. The van der Waals surface area contributed by atoms with Crippen molar-refractivity contribution in [1.29, 1.82) is 0 Å². The highest BCUT2D eigenvalue weighted by Gasteiger charge is 2.35. The molecule has 0 saturated carbocycles. The lowest BCUT2D eigenvalue weighted by Crippen LogP contribution is -2.10. The number of nitrogens with one attached hydrogen (secondary N) is 1. The number of alkyl halides is 3. The van der Waals surface area contributed by atoms with Crippen LogP contribution in [0.5, 0.6) is 0 Å². The Morgan fingerprint density at radius 3 is 2.71 bits per heavy atom. The Bertz CT molecular complexity index is 1320. The highest BCUT2D eigenvalue weighted by molar-refractivity contribution is 6.35. The summed E-state index contributed by atoms with van der Waals surface area (Å²) < 4.78 is 38.5. The standard InChI is InChI=1S/C19H13ClF3N7O/c1-8-2-3-9(4-10(8)5-12(31)14-13(20)15(24)27-7-26-14)16-28-11-6-25-18(19(21,22)23)30-17(11)29-16/h2-4,6-7H,5H2,1H3,(H2,24,26,27)(H,25,28,29,30). The summed E-state index contributed by atoms with van der Waals surface area (Å²) in [4.78, 5) is 34.1. The molecule has 8 nitrogen and oxygen atoms in total. The van der Waals surface area contributed by atoms with Crippen LogP contribution in [0.1, 0.15) is 27.4 Å². The monoisotopic (exact) mass is 447 g/mol. The number of fused-ring (bicyclic) bond motifs is 1. The van der Waals surface area contributed by atoms with Crippen LogP contribution in [0, 0.1) is 6.92 Å². The third-order valence-electron chi connectivity index (χ3n) is 4.55. The van der Waals surface area contributed by atoms with Gasteiger partial charge in [-0.15, -0.1) is 0 Å². The minimum atomic E-state index is -4.67. The van der Waals surface area contributed by atoms with Crippen LogP contribution in [0.25, 0.3) is 22.6 Å². The van der Waals surface area contributed by atoms with Crippen molar-refractivity contribution in [2.24, 2.45) is 0 Å². The molecule has 0 spiro atoms. The number of rotatable bonds is 4. The fourth-order valence-corrected chi connectivity index (χ4v) is 3.13. The Kier molecular flexibility index (Phi) is 5.05. The van der Waals surface area contributed by atoms with E-state index in [1.54, 1.807) is 18.2 Å². The number of aromatic amines is 1. The van der Waals surface area contributed by atoms with E-state index in [9.17, 15) is 18.0 Å². The number of benzene rings is 1. The van der Waals surface area contributed by atoms with Crippen LogP contribution >= 0.6 is 11.6 Å². The Morgan fingerprint density at radius 2 is 1.97 bits per heavy atom. The van der Waals surface area contributed by atoms with Gasteiger partial charge in [-0.1, -0.05) is 23.7 Å². The molecular formula is C19H13ClF3N7O. The third kappa shape index (κ3) is 4.04. The molecule has 3 heterocycles. The number of hydrogen-bond donors (Lipinski definition) is 2. The maximum absolute atomic E-state index is 12.8. The van der Waals surface area contributed by atoms with E-state index in [0.717, 1.165) is 18.1 Å². The smallest absolute Gasteiger partial charge is 0.382 e. The molecule has 31 heavy (non-hydrogen) atoms. The number of Topliss-reactive ketones (excluding diaryl/α,β-unsaturated/α-hetero) is 1. The zero-order chi connectivity index (χ0) is 22.3. The molecule has 0 aliphatic carbocycles. The minimum Gasteiger partial charge on any atom is -0.382 e. The lowest BCUT2D eigenvalue weighted by molar-refractivity contribution is -0.144. The molecule has 0 aliphatic heterocycles. The second-order valence-corrected chi connectivity index (χ2v) is 7.05. The van der Waals surface area contributed by atoms with Gasteiger partial charge in [0.2, 0.25) is 5.82 Å². The Labute approximate surface area is 177 Å². The number of hydrogen-bond acceptors (Lipinski definition) is 7. The molecule has 0 atom stereocenters. The van der Waals surface area contributed by atoms with Gasteiger partial charge in [0.1, 0.15) is 34.2 Å². The van der Waals surface area contributed by atoms with Gasteiger partial charge < -0.3 is 10.7 Å². The molecule has 0 radical (unpaired) electrons. The van der Waals surface area contributed by atoms with Crippen molar-refractivity contribution >= 4 is 34.4 Å². The van der Waals surface area contributed by atoms with Crippen LogP contribution in [-0.4, -0.2) is 35.7 Å². The van der Waals surface area contributed by atoms with E-state index in [1.165, 1.54) is 0 Å². The second kappa shape index (κ2) is 7.58. The van der Waals surface area contributed by atoms with E-state index in [1.807, 2.05) is 6.92 Å². The molecular weight excluding hydrogens is 435 g/mol. The molecule has 12 heteroatoms. The largest absolute Gasteiger partial charge is 0.451 e. The number of ketones is 1. The first-order valence-electron chi connectivity index (χ1n) is 8.82. The number of H-pyrrole nitrogens is 1. The first kappa shape index (κ1) is 20.7. The topological polar surface area (TPSA) is 123 Å². The van der Waals surface area contributed by atoms with Crippen molar-refractivity contribution in [3.8, 4) is 11.4 Å². The predicted molar refractivity (Wildman–Crippen MR) is 106 cm³/mol. The first-order chi connectivity index (χ1) is 14.6. The number of aryl methyl sites for hydroxylation is 1. The molecule has 0 fully saturated rings. The molecule has 0 saturated heterocycles. The van der Waals surface area contributed by atoms with Crippen LogP contribution in [0.4, 0.5) is 19.0 Å². The van der Waals surface area contributed by atoms with E-state index in [0.29, 0.717) is 17.0 Å². The van der Waals surface area contributed by atoms with Gasteiger partial charge in [-0.3, -0.25) is 4.79 Å². The van der Waals surface area contributed by atoms with Gasteiger partial charge in [-0.05, 0) is 24.1 Å². The van der Waals surface area contributed by atoms with Gasteiger partial charge in [0.05, 0.1) is 6.20 Å². The average Bonchev–Trinajstić information content (AvgIpc) is 3.14. The molecule has 0 bridgehead atoms. The quantitative estimate of drug-likeness (QED) is 0.456. The maximum Gasteiger partial charge on any atom is 0.451 e. The van der Waals surface area contributed by atoms with Gasteiger partial charge in [0, 0.05) is 12.0 Å². The number of aromatic nitrogens is 6. The van der Waals surface area contributed by atoms with Crippen molar-refractivity contribution in [3.63, 3.8) is 0 Å². The van der Waals surface area contributed by atoms with E-state index in [2.05, 4.69) is 29.9 Å². The Morgan fingerprint density at radius 1 is 1.19 bits per heavy atom. The van der Waals surface area contributed by atoms with Gasteiger partial charge in [-0.2, -0.15) is 13.2 Å². The van der Waals surface area contributed by atoms with Crippen LogP contribution in [0.3, 0.4) is 0 Å². The highest BCUT2D eigenvalue weighted by atomic mass is 35.5. The van der Waals surface area contributed by atoms with E-state index in [-0.39, 0.29) is 39.9 Å². The number of nitrogen functional groups attached to an aromatic ring is 1. The molecule has 158 valence electrons. The van der Waals surface area contributed by atoms with Gasteiger partial charge in [-0.25, -0.2) is 24.9 Å². The number of imidazole rings is 1. The zero-order valence-corrected chi connectivity index (χ0v) is 16.6. The number of nitrogens with two attached hydrogens (primary N) is 1. The lowest BCUT2D eigenvalue weighted by Gasteiger charge is -2.08. The predicted octanol–water partition coefficient (Wildman–Crippen LogP) is 3.80. The molecule has 3 aromatic heterocycles. The van der Waals surface area contributed by atoms with Crippen molar-refractivity contribution in [2.75, 3.05) is 5.73 Å². The van der Waals surface area contributed by atoms with Gasteiger partial charge >= 0.3 is 6.18 Å². The fraction of sp³-hybridized carbons (Fsp3) is 0.158. The van der Waals surface area contributed by atoms with Crippen LogP contribution in [-0.2, 0) is 12.6 Å². The number of halogens is 4. The van der Waals surface area contributed by atoms with Crippen LogP contribution in [0.15, 0.2) is 30.7 Å². The fourth-order valence-electron chi connectivity index (χ4n) is 2.92. The third-order valence-corrected chi connectivity index (χ3v) is 4.92. The lowest BCUT2D eigenvalue weighted by atomic mass is 9.99. The first-order valence-corrected chi connectivity index (χ1v) is 9.20. The number of carbonyl (C=O) groups is 1. The van der Waals surface area contributed by atoms with Gasteiger partial charge in [0.25, 0.3) is 0 Å². The minimum absolute atomic E-state index is 0.00657. The average molecular weight is 448 g/mol. The van der Waals surface area contributed by atoms with Gasteiger partial charge in [0.15, 0.2) is 11.4 Å². The number of anilines is 1. The van der Waals surface area contributed by atoms with Crippen molar-refractivity contribution in [1.82, 2.24) is 29.9 Å². The summed E-state index contributed by atoms with van der Waals surface area (Å²) in [5.41, 5.74) is 7.83. The summed E-state index contributed by atoms with van der Waals surface area (Å²) in [6.45, 7) is 1.82. The molecule has 3 N–H and O–H groups in total. The molecule has 0 unspecified atom stereocenters. The molecule has 1 aromatic carbocycles. The van der Waals surface area contributed by atoms with Crippen molar-refractivity contribution in [3.05, 3.63) is 58.4 Å². The maximum atomic E-state index is 12.8. The molecule has 4 rings (SSSR count). The molecule has 4 aromatic rings. The van der Waals surface area contributed by atoms with Crippen LogP contribution < -0.4 is 5.73 Å². The summed E-state index contributed by atoms with van der Waals surface area (Å²) in [5.74, 6) is -1.33.